The number of benzene rings is 1. The average Bonchev–Trinajstić information content (AvgIpc) is 2.85. The van der Waals surface area contributed by atoms with E-state index >= 15 is 0 Å². The van der Waals surface area contributed by atoms with Gasteiger partial charge in [-0.1, -0.05) is 0 Å². The number of carbonyl (C=O) groups is 1. The van der Waals surface area contributed by atoms with Gasteiger partial charge in [0.05, 0.1) is 19.1 Å². The van der Waals surface area contributed by atoms with Crippen LogP contribution in [0.5, 0.6) is 11.5 Å². The second-order valence-electron chi connectivity index (χ2n) is 4.66. The minimum atomic E-state index is -0.298. The molecule has 0 bridgehead atoms. The van der Waals surface area contributed by atoms with E-state index in [0.717, 1.165) is 0 Å². The van der Waals surface area contributed by atoms with E-state index < -0.39 is 0 Å². The van der Waals surface area contributed by atoms with E-state index in [1.165, 1.54) is 0 Å². The van der Waals surface area contributed by atoms with Crippen LogP contribution in [0.1, 0.15) is 0 Å². The third-order valence-electron chi connectivity index (χ3n) is 3.27. The molecule has 3 N–H and O–H groups in total. The lowest BCUT2D eigenvalue weighted by Crippen LogP contribution is -2.37. The van der Waals surface area contributed by atoms with Crippen LogP contribution in [0.2, 0.25) is 0 Å². The van der Waals surface area contributed by atoms with Gasteiger partial charge in [0.25, 0.3) is 0 Å². The Kier molecular flexibility index (Phi) is 3.27. The molecule has 0 spiro atoms. The van der Waals surface area contributed by atoms with Crippen molar-refractivity contribution < 1.29 is 19.0 Å². The summed E-state index contributed by atoms with van der Waals surface area (Å²) in [4.78, 5) is 12.1. The van der Waals surface area contributed by atoms with Gasteiger partial charge in [-0.3, -0.25) is 4.79 Å². The van der Waals surface area contributed by atoms with E-state index in [2.05, 4.69) is 5.32 Å². The minimum Gasteiger partial charge on any atom is -0.486 e. The molecule has 19 heavy (non-hydrogen) atoms. The van der Waals surface area contributed by atoms with Gasteiger partial charge in [0.1, 0.15) is 13.2 Å². The molecular formula is C13H16N2O4. The second-order valence-corrected chi connectivity index (χ2v) is 4.66. The van der Waals surface area contributed by atoms with Gasteiger partial charge in [0.2, 0.25) is 5.91 Å². The quantitative estimate of drug-likeness (QED) is 0.806. The summed E-state index contributed by atoms with van der Waals surface area (Å²) in [7, 11) is 0. The molecule has 0 saturated carbocycles. The van der Waals surface area contributed by atoms with E-state index in [-0.39, 0.29) is 17.9 Å². The first-order valence-corrected chi connectivity index (χ1v) is 6.28. The normalized spacial score (nSPS) is 25.1. The molecule has 0 aliphatic carbocycles. The van der Waals surface area contributed by atoms with E-state index in [4.69, 9.17) is 19.9 Å². The first-order chi connectivity index (χ1) is 9.24. The number of fused-ring (bicyclic) bond motifs is 1. The van der Waals surface area contributed by atoms with Crippen molar-refractivity contribution in [3.63, 3.8) is 0 Å². The fraction of sp³-hybridized carbons (Fsp3) is 0.462. The Morgan fingerprint density at radius 3 is 2.74 bits per heavy atom. The predicted molar refractivity (Wildman–Crippen MR) is 68.3 cm³/mol. The highest BCUT2D eigenvalue weighted by Gasteiger charge is 2.31. The zero-order valence-electron chi connectivity index (χ0n) is 10.4. The average molecular weight is 264 g/mol. The van der Waals surface area contributed by atoms with Gasteiger partial charge in [-0.2, -0.15) is 0 Å². The van der Waals surface area contributed by atoms with Crippen LogP contribution in [-0.2, 0) is 9.53 Å². The third-order valence-corrected chi connectivity index (χ3v) is 3.27. The number of rotatable bonds is 2. The Labute approximate surface area is 110 Å². The maximum Gasteiger partial charge on any atom is 0.231 e. The van der Waals surface area contributed by atoms with Crippen LogP contribution in [0.25, 0.3) is 0 Å². The molecule has 2 aliphatic heterocycles. The first kappa shape index (κ1) is 12.3. The smallest absolute Gasteiger partial charge is 0.231 e. The summed E-state index contributed by atoms with van der Waals surface area (Å²) in [6, 6.07) is 5.09. The van der Waals surface area contributed by atoms with Crippen molar-refractivity contribution in [3.05, 3.63) is 18.2 Å². The molecule has 2 atom stereocenters. The Morgan fingerprint density at radius 1 is 1.21 bits per heavy atom. The summed E-state index contributed by atoms with van der Waals surface area (Å²) < 4.78 is 16.1. The standard InChI is InChI=1S/C13H16N2O4/c14-10-7-17-6-9(10)13(16)15-8-1-2-11-12(5-8)19-4-3-18-11/h1-2,5,9-10H,3-4,6-7,14H2,(H,15,16). The molecule has 6 nitrogen and oxygen atoms in total. The van der Waals surface area contributed by atoms with Crippen LogP contribution in [0.3, 0.4) is 0 Å². The van der Waals surface area contributed by atoms with Crippen LogP contribution < -0.4 is 20.5 Å². The molecule has 2 aliphatic rings. The van der Waals surface area contributed by atoms with Crippen LogP contribution in [0.4, 0.5) is 5.69 Å². The Hall–Kier alpha value is -1.79. The van der Waals surface area contributed by atoms with Crippen molar-refractivity contribution >= 4 is 11.6 Å². The number of carbonyl (C=O) groups excluding carboxylic acids is 1. The Morgan fingerprint density at radius 2 is 2.00 bits per heavy atom. The number of hydrogen-bond donors (Lipinski definition) is 2. The SMILES string of the molecule is NC1COCC1C(=O)Nc1ccc2c(c1)OCCO2. The van der Waals surface area contributed by atoms with Crippen LogP contribution in [0, 0.1) is 5.92 Å². The summed E-state index contributed by atoms with van der Waals surface area (Å²) in [6.07, 6.45) is 0. The third kappa shape index (κ3) is 2.50. The predicted octanol–water partition coefficient (Wildman–Crippen LogP) is 0.370. The highest BCUT2D eigenvalue weighted by atomic mass is 16.6. The zero-order chi connectivity index (χ0) is 13.2. The van der Waals surface area contributed by atoms with Crippen molar-refractivity contribution in [3.8, 4) is 11.5 Å². The van der Waals surface area contributed by atoms with Gasteiger partial charge in [-0.05, 0) is 12.1 Å². The maximum absolute atomic E-state index is 12.1. The number of hydrogen-bond acceptors (Lipinski definition) is 5. The van der Waals surface area contributed by atoms with Gasteiger partial charge >= 0.3 is 0 Å². The largest absolute Gasteiger partial charge is 0.486 e. The Bertz CT molecular complexity index is 492. The summed E-state index contributed by atoms with van der Waals surface area (Å²) in [6.45, 7) is 1.87. The number of ether oxygens (including phenoxy) is 3. The monoisotopic (exact) mass is 264 g/mol. The fourth-order valence-corrected chi connectivity index (χ4v) is 2.20. The minimum absolute atomic E-state index is 0.123. The van der Waals surface area contributed by atoms with Crippen LogP contribution in [-0.4, -0.2) is 38.4 Å². The van der Waals surface area contributed by atoms with Gasteiger partial charge in [0, 0.05) is 17.8 Å². The lowest BCUT2D eigenvalue weighted by atomic mass is 10.0. The molecule has 102 valence electrons. The summed E-state index contributed by atoms with van der Waals surface area (Å²) in [5.74, 6) is 0.927. The van der Waals surface area contributed by atoms with E-state index in [0.29, 0.717) is 43.6 Å². The summed E-state index contributed by atoms with van der Waals surface area (Å²) in [5, 5.41) is 2.83. The maximum atomic E-state index is 12.1. The highest BCUT2D eigenvalue weighted by Crippen LogP contribution is 2.32. The van der Waals surface area contributed by atoms with E-state index in [1.54, 1.807) is 18.2 Å². The second kappa shape index (κ2) is 5.07. The number of nitrogens with one attached hydrogen (secondary N) is 1. The van der Waals surface area contributed by atoms with Crippen molar-refractivity contribution in [2.75, 3.05) is 31.7 Å². The van der Waals surface area contributed by atoms with Gasteiger partial charge in [-0.15, -0.1) is 0 Å². The molecule has 6 heteroatoms. The molecule has 0 aromatic heterocycles. The molecule has 3 rings (SSSR count). The highest BCUT2D eigenvalue weighted by molar-refractivity contribution is 5.93. The van der Waals surface area contributed by atoms with Crippen LogP contribution >= 0.6 is 0 Å². The molecule has 1 aromatic rings. The van der Waals surface area contributed by atoms with E-state index in [1.807, 2.05) is 0 Å². The lowest BCUT2D eigenvalue weighted by Gasteiger charge is -2.19. The summed E-state index contributed by atoms with van der Waals surface area (Å²) >= 11 is 0. The van der Waals surface area contributed by atoms with Crippen molar-refractivity contribution in [2.24, 2.45) is 11.7 Å². The molecule has 0 radical (unpaired) electrons. The fourth-order valence-electron chi connectivity index (χ4n) is 2.20. The number of anilines is 1. The van der Waals surface area contributed by atoms with E-state index in [9.17, 15) is 4.79 Å². The first-order valence-electron chi connectivity index (χ1n) is 6.28. The van der Waals surface area contributed by atoms with Gasteiger partial charge < -0.3 is 25.3 Å². The molecule has 1 saturated heterocycles. The summed E-state index contributed by atoms with van der Waals surface area (Å²) in [5.41, 5.74) is 6.49. The molecule has 1 amide bonds. The van der Waals surface area contributed by atoms with Crippen molar-refractivity contribution in [2.45, 2.75) is 6.04 Å². The zero-order valence-corrected chi connectivity index (χ0v) is 10.4. The molecule has 2 unspecified atom stereocenters. The van der Waals surface area contributed by atoms with Crippen molar-refractivity contribution in [1.82, 2.24) is 0 Å². The molecular weight excluding hydrogens is 248 g/mol. The van der Waals surface area contributed by atoms with Gasteiger partial charge in [-0.25, -0.2) is 0 Å². The number of amides is 1. The molecule has 1 aromatic carbocycles. The lowest BCUT2D eigenvalue weighted by molar-refractivity contribution is -0.120. The topological polar surface area (TPSA) is 82.8 Å². The van der Waals surface area contributed by atoms with Gasteiger partial charge in [0.15, 0.2) is 11.5 Å². The number of nitrogens with two attached hydrogens (primary N) is 1. The molecule has 1 fully saturated rings. The van der Waals surface area contributed by atoms with Crippen LogP contribution in [0.15, 0.2) is 18.2 Å². The Balaban J connectivity index is 1.71. The van der Waals surface area contributed by atoms with Crippen molar-refractivity contribution in [1.29, 1.82) is 0 Å². The molecule has 2 heterocycles.